The zero-order chi connectivity index (χ0) is 17.7. The van der Waals surface area contributed by atoms with Crippen LogP contribution in [0.15, 0.2) is 59.4 Å². The van der Waals surface area contributed by atoms with E-state index in [1.54, 1.807) is 4.57 Å². The molecule has 1 spiro atoms. The van der Waals surface area contributed by atoms with Crippen LogP contribution >= 0.6 is 0 Å². The van der Waals surface area contributed by atoms with Gasteiger partial charge in [-0.1, -0.05) is 48.5 Å². The van der Waals surface area contributed by atoms with Gasteiger partial charge in [0, 0.05) is 30.3 Å². The van der Waals surface area contributed by atoms with Gasteiger partial charge in [-0.3, -0.25) is 4.79 Å². The van der Waals surface area contributed by atoms with Crippen LogP contribution in [0, 0.1) is 0 Å². The van der Waals surface area contributed by atoms with Gasteiger partial charge < -0.3 is 14.0 Å². The maximum Gasteiger partial charge on any atom is 0.254 e. The minimum Gasteiger partial charge on any atom is -0.376 e. The fourth-order valence-corrected chi connectivity index (χ4v) is 4.72. The molecule has 2 atom stereocenters. The Balaban J connectivity index is 1.86. The highest BCUT2D eigenvalue weighted by molar-refractivity contribution is 5.86. The van der Waals surface area contributed by atoms with Crippen LogP contribution in [0.4, 0.5) is 0 Å². The lowest BCUT2D eigenvalue weighted by Crippen LogP contribution is -2.47. The number of aromatic nitrogens is 1. The van der Waals surface area contributed by atoms with Crippen molar-refractivity contribution in [1.82, 2.24) is 4.57 Å². The molecular weight excluding hydrogens is 326 g/mol. The quantitative estimate of drug-likeness (QED) is 0.679. The Morgan fingerprint density at radius 3 is 2.58 bits per heavy atom. The summed E-state index contributed by atoms with van der Waals surface area (Å²) < 4.78 is 13.9. The number of rotatable bonds is 1. The number of ether oxygens (including phenoxy) is 2. The predicted octanol–water partition coefficient (Wildman–Crippen LogP) is 3.01. The van der Waals surface area contributed by atoms with Crippen molar-refractivity contribution in [3.8, 4) is 0 Å². The number of hydrogen-bond donors (Lipinski definition) is 0. The van der Waals surface area contributed by atoms with Crippen molar-refractivity contribution < 1.29 is 9.47 Å². The average Bonchev–Trinajstić information content (AvgIpc) is 3.02. The summed E-state index contributed by atoms with van der Waals surface area (Å²) in [4.78, 5) is 13.1. The number of nitrogens with zero attached hydrogens (tertiary/aromatic N) is 1. The zero-order valence-corrected chi connectivity index (χ0v) is 14.8. The number of fused-ring (bicyclic) bond motifs is 3. The standard InChI is InChI=1S/C22H21NO3/c1-23-18-10-6-5-9-16(18)19-17(21(23)24)13-22(14-25-11-12-26-22)20(19)15-7-3-2-4-8-15/h2-10,20H,11-14H2,1H3. The average molecular weight is 347 g/mol. The zero-order valence-electron chi connectivity index (χ0n) is 14.8. The number of hydrogen-bond acceptors (Lipinski definition) is 3. The normalized spacial score (nSPS) is 24.9. The number of aryl methyl sites for hydroxylation is 1. The third-order valence-electron chi connectivity index (χ3n) is 5.83. The molecule has 2 heterocycles. The van der Waals surface area contributed by atoms with Gasteiger partial charge in [-0.2, -0.15) is 0 Å². The summed E-state index contributed by atoms with van der Waals surface area (Å²) in [5.74, 6) is -0.00204. The van der Waals surface area contributed by atoms with E-state index in [0.29, 0.717) is 26.2 Å². The van der Waals surface area contributed by atoms with Crippen molar-refractivity contribution in [1.29, 1.82) is 0 Å². The van der Waals surface area contributed by atoms with E-state index in [9.17, 15) is 4.79 Å². The van der Waals surface area contributed by atoms with Gasteiger partial charge in [-0.15, -0.1) is 0 Å². The highest BCUT2D eigenvalue weighted by Crippen LogP contribution is 2.49. The van der Waals surface area contributed by atoms with E-state index in [4.69, 9.17) is 9.47 Å². The van der Waals surface area contributed by atoms with E-state index in [-0.39, 0.29) is 11.5 Å². The van der Waals surface area contributed by atoms with E-state index in [2.05, 4.69) is 18.2 Å². The van der Waals surface area contributed by atoms with Crippen LogP contribution in [0.3, 0.4) is 0 Å². The topological polar surface area (TPSA) is 40.5 Å². The first-order valence-corrected chi connectivity index (χ1v) is 9.08. The maximum atomic E-state index is 13.1. The van der Waals surface area contributed by atoms with Crippen LogP contribution in [-0.2, 0) is 22.9 Å². The summed E-state index contributed by atoms with van der Waals surface area (Å²) in [6.45, 7) is 1.69. The first-order chi connectivity index (χ1) is 12.7. The Bertz CT molecular complexity index is 1030. The second kappa shape index (κ2) is 5.79. The second-order valence-corrected chi connectivity index (χ2v) is 7.26. The second-order valence-electron chi connectivity index (χ2n) is 7.26. The summed E-state index contributed by atoms with van der Waals surface area (Å²) in [5.41, 5.74) is 3.69. The molecule has 0 amide bonds. The third-order valence-corrected chi connectivity index (χ3v) is 5.83. The Hall–Kier alpha value is -2.43. The molecule has 1 aliphatic heterocycles. The van der Waals surface area contributed by atoms with Crippen molar-refractivity contribution in [2.45, 2.75) is 17.9 Å². The van der Waals surface area contributed by atoms with Crippen molar-refractivity contribution in [3.05, 3.63) is 81.6 Å². The summed E-state index contributed by atoms with van der Waals surface area (Å²) in [7, 11) is 1.85. The van der Waals surface area contributed by atoms with E-state index < -0.39 is 5.60 Å². The van der Waals surface area contributed by atoms with Crippen LogP contribution in [0.5, 0.6) is 0 Å². The van der Waals surface area contributed by atoms with E-state index >= 15 is 0 Å². The molecule has 1 saturated heterocycles. The van der Waals surface area contributed by atoms with Gasteiger partial charge in [-0.25, -0.2) is 0 Å². The molecule has 2 aliphatic rings. The Labute approximate surface area is 152 Å². The molecule has 3 aromatic rings. The SMILES string of the molecule is Cn1c(=O)c2c(c3ccccc31)C(c1ccccc1)C1(COCCO1)C2. The minimum atomic E-state index is -0.502. The van der Waals surface area contributed by atoms with E-state index in [1.807, 2.05) is 43.4 Å². The van der Waals surface area contributed by atoms with Gasteiger partial charge >= 0.3 is 0 Å². The fraction of sp³-hybridized carbons (Fsp3) is 0.318. The molecule has 2 aromatic carbocycles. The van der Waals surface area contributed by atoms with E-state index in [0.717, 1.165) is 22.0 Å². The Morgan fingerprint density at radius 1 is 1.04 bits per heavy atom. The van der Waals surface area contributed by atoms with Crippen molar-refractivity contribution in [3.63, 3.8) is 0 Å². The number of benzene rings is 2. The molecular formula is C22H21NO3. The highest BCUT2D eigenvalue weighted by Gasteiger charge is 2.51. The molecule has 132 valence electrons. The number of para-hydroxylation sites is 1. The smallest absolute Gasteiger partial charge is 0.254 e. The molecule has 0 radical (unpaired) electrons. The van der Waals surface area contributed by atoms with Gasteiger partial charge in [0.15, 0.2) is 0 Å². The van der Waals surface area contributed by atoms with Crippen LogP contribution in [-0.4, -0.2) is 30.0 Å². The van der Waals surface area contributed by atoms with Gasteiger partial charge in [0.25, 0.3) is 5.56 Å². The van der Waals surface area contributed by atoms with Crippen LogP contribution < -0.4 is 5.56 Å². The molecule has 0 saturated carbocycles. The third kappa shape index (κ3) is 2.12. The summed E-state index contributed by atoms with van der Waals surface area (Å²) in [5, 5.41) is 1.13. The first-order valence-electron chi connectivity index (χ1n) is 9.08. The molecule has 2 unspecified atom stereocenters. The number of pyridine rings is 1. The van der Waals surface area contributed by atoms with Gasteiger partial charge in [0.05, 0.1) is 25.3 Å². The largest absolute Gasteiger partial charge is 0.376 e. The Morgan fingerprint density at radius 2 is 1.81 bits per heavy atom. The molecule has 1 aliphatic carbocycles. The lowest BCUT2D eigenvalue weighted by molar-refractivity contribution is -0.158. The van der Waals surface area contributed by atoms with Crippen LogP contribution in [0.2, 0.25) is 0 Å². The van der Waals surface area contributed by atoms with Crippen LogP contribution in [0.25, 0.3) is 10.9 Å². The van der Waals surface area contributed by atoms with Gasteiger partial charge in [0.1, 0.15) is 5.60 Å². The monoisotopic (exact) mass is 347 g/mol. The van der Waals surface area contributed by atoms with Gasteiger partial charge in [0.2, 0.25) is 0 Å². The van der Waals surface area contributed by atoms with Crippen molar-refractivity contribution in [2.75, 3.05) is 19.8 Å². The lowest BCUT2D eigenvalue weighted by atomic mass is 9.81. The van der Waals surface area contributed by atoms with Gasteiger partial charge in [-0.05, 0) is 17.2 Å². The fourth-order valence-electron chi connectivity index (χ4n) is 4.72. The van der Waals surface area contributed by atoms with Crippen molar-refractivity contribution >= 4 is 10.9 Å². The molecule has 1 aromatic heterocycles. The minimum absolute atomic E-state index is 0.00204. The molecule has 26 heavy (non-hydrogen) atoms. The van der Waals surface area contributed by atoms with Crippen molar-refractivity contribution in [2.24, 2.45) is 7.05 Å². The van der Waals surface area contributed by atoms with Crippen LogP contribution in [0.1, 0.15) is 22.6 Å². The summed E-state index contributed by atoms with van der Waals surface area (Å²) in [6.07, 6.45) is 0.597. The Kier molecular flexibility index (Phi) is 3.52. The summed E-state index contributed by atoms with van der Waals surface area (Å²) in [6, 6.07) is 18.5. The highest BCUT2D eigenvalue weighted by atomic mass is 16.6. The predicted molar refractivity (Wildman–Crippen MR) is 101 cm³/mol. The molecule has 5 rings (SSSR count). The maximum absolute atomic E-state index is 13.1. The molecule has 1 fully saturated rings. The molecule has 4 nitrogen and oxygen atoms in total. The first kappa shape index (κ1) is 15.8. The molecule has 0 N–H and O–H groups in total. The summed E-state index contributed by atoms with van der Waals surface area (Å²) >= 11 is 0. The molecule has 4 heteroatoms. The lowest BCUT2D eigenvalue weighted by Gasteiger charge is -2.39. The van der Waals surface area contributed by atoms with E-state index in [1.165, 1.54) is 5.56 Å². The molecule has 0 bridgehead atoms.